The molecule has 2 aromatic rings. The molecule has 0 N–H and O–H groups in total. The highest BCUT2D eigenvalue weighted by atomic mass is 19.1. The number of nitriles is 1. The molecule has 2 saturated heterocycles. The fraction of sp³-hybridized carbons (Fsp3) is 0.548. The van der Waals surface area contributed by atoms with Gasteiger partial charge in [-0.2, -0.15) is 15.2 Å². The third-order valence-electron chi connectivity index (χ3n) is 9.27. The average molecular weight is 560 g/mol. The van der Waals surface area contributed by atoms with Crippen LogP contribution >= 0.6 is 0 Å². The first kappa shape index (κ1) is 27.5. The summed E-state index contributed by atoms with van der Waals surface area (Å²) in [5, 5.41) is 9.49. The number of rotatable bonds is 7. The third-order valence-corrected chi connectivity index (χ3v) is 9.27. The highest BCUT2D eigenvalue weighted by Gasteiger charge is 2.36. The zero-order valence-electron chi connectivity index (χ0n) is 23.8. The minimum atomic E-state index is -0.248. The molecule has 0 saturated carbocycles. The molecule has 216 valence electrons. The van der Waals surface area contributed by atoms with Gasteiger partial charge in [0, 0.05) is 50.2 Å². The molecule has 9 nitrogen and oxygen atoms in total. The lowest BCUT2D eigenvalue weighted by Crippen LogP contribution is -2.55. The second-order valence-corrected chi connectivity index (χ2v) is 11.6. The molecule has 3 aliphatic heterocycles. The molecule has 10 heteroatoms. The lowest BCUT2D eigenvalue weighted by Gasteiger charge is -2.42. The van der Waals surface area contributed by atoms with E-state index >= 15 is 0 Å². The second-order valence-electron chi connectivity index (χ2n) is 11.6. The molecule has 2 fully saturated rings. The first-order valence-electron chi connectivity index (χ1n) is 14.8. The van der Waals surface area contributed by atoms with Gasteiger partial charge in [-0.1, -0.05) is 18.7 Å². The minimum absolute atomic E-state index is 0.144. The first-order valence-corrected chi connectivity index (χ1v) is 14.8. The van der Waals surface area contributed by atoms with E-state index in [1.807, 2.05) is 6.07 Å². The molecule has 4 heterocycles. The van der Waals surface area contributed by atoms with Crippen LogP contribution in [0.2, 0.25) is 0 Å². The monoisotopic (exact) mass is 559 g/mol. The van der Waals surface area contributed by atoms with Crippen molar-refractivity contribution in [1.29, 1.82) is 5.26 Å². The molecule has 6 rings (SSSR count). The summed E-state index contributed by atoms with van der Waals surface area (Å²) in [6, 6.07) is 8.21. The molecule has 1 aromatic carbocycles. The number of fused-ring (bicyclic) bond motifs is 2. The van der Waals surface area contributed by atoms with Gasteiger partial charge in [0.15, 0.2) is 0 Å². The van der Waals surface area contributed by atoms with Crippen LogP contribution in [0, 0.1) is 17.1 Å². The third kappa shape index (κ3) is 5.35. The molecular formula is C31H38FN7O2. The molecule has 1 unspecified atom stereocenters. The summed E-state index contributed by atoms with van der Waals surface area (Å²) in [6.07, 6.45) is 6.99. The number of piperazine rings is 1. The summed E-state index contributed by atoms with van der Waals surface area (Å²) in [6.45, 7) is 7.64. The van der Waals surface area contributed by atoms with Crippen LogP contribution in [0.3, 0.4) is 0 Å². The maximum Gasteiger partial charge on any atom is 0.318 e. The van der Waals surface area contributed by atoms with Gasteiger partial charge in [0.1, 0.15) is 18.2 Å². The van der Waals surface area contributed by atoms with E-state index in [1.54, 1.807) is 17.0 Å². The highest BCUT2D eigenvalue weighted by Crippen LogP contribution is 2.38. The van der Waals surface area contributed by atoms with E-state index in [4.69, 9.17) is 14.7 Å². The van der Waals surface area contributed by atoms with Crippen LogP contribution in [-0.2, 0) is 24.1 Å². The summed E-state index contributed by atoms with van der Waals surface area (Å²) in [7, 11) is 2.12. The Morgan fingerprint density at radius 3 is 2.85 bits per heavy atom. The van der Waals surface area contributed by atoms with Crippen molar-refractivity contribution >= 4 is 17.4 Å². The number of hydrogen-bond acceptors (Lipinski definition) is 8. The van der Waals surface area contributed by atoms with Crippen LogP contribution in [0.4, 0.5) is 15.9 Å². The molecule has 1 amide bonds. The smallest absolute Gasteiger partial charge is 0.318 e. The Kier molecular flexibility index (Phi) is 7.80. The van der Waals surface area contributed by atoms with Gasteiger partial charge in [0.2, 0.25) is 5.91 Å². The summed E-state index contributed by atoms with van der Waals surface area (Å²) in [5.41, 5.74) is 3.85. The molecule has 0 radical (unpaired) electrons. The van der Waals surface area contributed by atoms with E-state index in [0.717, 1.165) is 73.5 Å². The van der Waals surface area contributed by atoms with Crippen molar-refractivity contribution in [3.05, 3.63) is 53.5 Å². The number of hydrogen-bond donors (Lipinski definition) is 0. The number of amides is 1. The topological polar surface area (TPSA) is 88.8 Å². The lowest BCUT2D eigenvalue weighted by atomic mass is 9.90. The Morgan fingerprint density at radius 2 is 2.07 bits per heavy atom. The first-order chi connectivity index (χ1) is 20.0. The molecule has 0 spiro atoms. The Labute approximate surface area is 241 Å². The van der Waals surface area contributed by atoms with E-state index in [0.29, 0.717) is 44.7 Å². The lowest BCUT2D eigenvalue weighted by molar-refractivity contribution is -0.128. The summed E-state index contributed by atoms with van der Waals surface area (Å²) >= 11 is 0. The molecule has 41 heavy (non-hydrogen) atoms. The number of aromatic nitrogens is 2. The van der Waals surface area contributed by atoms with Gasteiger partial charge in [0.25, 0.3) is 0 Å². The summed E-state index contributed by atoms with van der Waals surface area (Å²) in [5.74, 6) is 0.527. The number of halogens is 1. The largest absolute Gasteiger partial charge is 0.462 e. The molecule has 1 aliphatic carbocycles. The predicted octanol–water partition coefficient (Wildman–Crippen LogP) is 3.13. The standard InChI is InChI=1S/C31H38FN7O2/c1-3-28(40)38-17-16-37(19-23(38)11-13-33)30-25-10-9-22(39-15-12-21-6-4-8-26(32)29(21)39)18-27(25)34-31(35-30)41-20-24-7-5-14-36(24)2/h3-4,6,8,22-24H,1,5,7,9-12,14-20H2,2H3/t22?,23-,24-/m0/s1. The predicted molar refractivity (Wildman–Crippen MR) is 155 cm³/mol. The van der Waals surface area contributed by atoms with Crippen LogP contribution in [0.1, 0.15) is 42.5 Å². The zero-order chi connectivity index (χ0) is 28.5. The minimum Gasteiger partial charge on any atom is -0.462 e. The van der Waals surface area contributed by atoms with Gasteiger partial charge < -0.3 is 24.3 Å². The second kappa shape index (κ2) is 11.6. The van der Waals surface area contributed by atoms with E-state index in [2.05, 4.69) is 34.4 Å². The van der Waals surface area contributed by atoms with Crippen molar-refractivity contribution < 1.29 is 13.9 Å². The van der Waals surface area contributed by atoms with Crippen molar-refractivity contribution in [3.63, 3.8) is 0 Å². The van der Waals surface area contributed by atoms with Crippen molar-refractivity contribution in [3.8, 4) is 12.1 Å². The van der Waals surface area contributed by atoms with Gasteiger partial charge in [0.05, 0.1) is 29.9 Å². The molecule has 0 bridgehead atoms. The number of ether oxygens (including phenoxy) is 1. The van der Waals surface area contributed by atoms with Crippen molar-refractivity contribution in [2.45, 2.75) is 63.1 Å². The Bertz CT molecular complexity index is 1360. The molecule has 3 atom stereocenters. The Balaban J connectivity index is 1.30. The van der Waals surface area contributed by atoms with Crippen molar-refractivity contribution in [2.75, 3.05) is 56.2 Å². The molecule has 4 aliphatic rings. The maximum atomic E-state index is 14.9. The van der Waals surface area contributed by atoms with Gasteiger partial charge in [-0.25, -0.2) is 4.39 Å². The zero-order valence-corrected chi connectivity index (χ0v) is 23.8. The maximum absolute atomic E-state index is 14.9. The number of benzene rings is 1. The van der Waals surface area contributed by atoms with Gasteiger partial charge in [-0.3, -0.25) is 4.79 Å². The number of nitrogens with zero attached hydrogens (tertiary/aromatic N) is 7. The van der Waals surface area contributed by atoms with E-state index < -0.39 is 0 Å². The molecular weight excluding hydrogens is 521 g/mol. The summed E-state index contributed by atoms with van der Waals surface area (Å²) < 4.78 is 21.2. The van der Waals surface area contributed by atoms with Gasteiger partial charge >= 0.3 is 6.01 Å². The number of carbonyl (C=O) groups excluding carboxylic acids is 1. The van der Waals surface area contributed by atoms with Gasteiger partial charge in [-0.05, 0) is 63.4 Å². The number of para-hydroxylation sites is 1. The van der Waals surface area contributed by atoms with E-state index in [-0.39, 0.29) is 30.2 Å². The van der Waals surface area contributed by atoms with Crippen LogP contribution in [0.25, 0.3) is 0 Å². The van der Waals surface area contributed by atoms with Crippen molar-refractivity contribution in [1.82, 2.24) is 19.8 Å². The number of likely N-dealkylation sites (N-methyl/N-ethyl adjacent to an activating group) is 1. The van der Waals surface area contributed by atoms with Crippen LogP contribution in [-0.4, -0.2) is 90.2 Å². The SMILES string of the molecule is C=CC(=O)N1CCN(c2nc(OC[C@@H]3CCCN3C)nc3c2CCC(N2CCc4cccc(F)c42)C3)C[C@@H]1CC#N. The number of likely N-dealkylation sites (tertiary alicyclic amines) is 1. The molecule has 1 aromatic heterocycles. The van der Waals surface area contributed by atoms with Crippen LogP contribution in [0.5, 0.6) is 6.01 Å². The fourth-order valence-corrected chi connectivity index (χ4v) is 7.05. The number of carbonyl (C=O) groups is 1. The highest BCUT2D eigenvalue weighted by molar-refractivity contribution is 5.87. The Morgan fingerprint density at radius 1 is 1.20 bits per heavy atom. The number of anilines is 2. The van der Waals surface area contributed by atoms with E-state index in [9.17, 15) is 14.4 Å². The average Bonchev–Trinajstić information content (AvgIpc) is 3.61. The fourth-order valence-electron chi connectivity index (χ4n) is 7.05. The van der Waals surface area contributed by atoms with Crippen LogP contribution < -0.4 is 14.5 Å². The van der Waals surface area contributed by atoms with Gasteiger partial charge in [-0.15, -0.1) is 0 Å². The Hall–Kier alpha value is -3.71. The van der Waals surface area contributed by atoms with Crippen molar-refractivity contribution in [2.24, 2.45) is 0 Å². The normalized spacial score (nSPS) is 24.1. The van der Waals surface area contributed by atoms with Crippen LogP contribution in [0.15, 0.2) is 30.9 Å². The quantitative estimate of drug-likeness (QED) is 0.479. The van der Waals surface area contributed by atoms with E-state index in [1.165, 1.54) is 6.08 Å². The summed E-state index contributed by atoms with van der Waals surface area (Å²) in [4.78, 5) is 30.9.